The molecule has 3 fully saturated rings. The summed E-state index contributed by atoms with van der Waals surface area (Å²) in [6.07, 6.45) is 27.9. The Morgan fingerprint density at radius 1 is 0.407 bits per heavy atom. The molecule has 0 aromatic carbocycles. The third-order valence-electron chi connectivity index (χ3n) is 17.8. The SMILES string of the molecule is CCCCCCCCCCCC/C=C/C(O)C(COC1OC(CO)C(OC2OC(CO)C(OC3OC(CO)C(O)C(O)C3O)C(O)C2O)C(O)C1O)NC(=O)CCCCCCCCCCCCCCCCCCCCCCCCCCCCCCC. The van der Waals surface area contributed by atoms with Gasteiger partial charge >= 0.3 is 0 Å². The van der Waals surface area contributed by atoms with E-state index in [4.69, 9.17) is 28.4 Å². The number of aliphatic hydroxyl groups excluding tert-OH is 11. The number of aliphatic hydroxyl groups is 11. The molecule has 3 aliphatic heterocycles. The monoisotopic (exact) mass is 1230 g/mol. The first-order valence-corrected chi connectivity index (χ1v) is 34.9. The average molecular weight is 1230 g/mol. The summed E-state index contributed by atoms with van der Waals surface area (Å²) in [5.41, 5.74) is 0. The lowest BCUT2D eigenvalue weighted by atomic mass is 9.96. The zero-order valence-corrected chi connectivity index (χ0v) is 53.6. The summed E-state index contributed by atoms with van der Waals surface area (Å²) >= 11 is 0. The zero-order valence-electron chi connectivity index (χ0n) is 53.6. The fourth-order valence-electron chi connectivity index (χ4n) is 12.1. The van der Waals surface area contributed by atoms with Gasteiger partial charge in [0.05, 0.1) is 38.6 Å². The second-order valence-corrected chi connectivity index (χ2v) is 25.4. The molecular formula is C67H127NO18. The molecule has 0 bridgehead atoms. The third-order valence-corrected chi connectivity index (χ3v) is 17.8. The van der Waals surface area contributed by atoms with Gasteiger partial charge in [-0.05, 0) is 19.3 Å². The smallest absolute Gasteiger partial charge is 0.220 e. The summed E-state index contributed by atoms with van der Waals surface area (Å²) in [5.74, 6) is -0.271. The summed E-state index contributed by atoms with van der Waals surface area (Å²) < 4.78 is 34.3. The van der Waals surface area contributed by atoms with E-state index in [9.17, 15) is 61.0 Å². The molecule has 86 heavy (non-hydrogen) atoms. The highest BCUT2D eigenvalue weighted by atomic mass is 16.8. The Hall–Kier alpha value is -1.47. The van der Waals surface area contributed by atoms with Crippen molar-refractivity contribution in [1.82, 2.24) is 5.32 Å². The zero-order chi connectivity index (χ0) is 62.6. The number of amides is 1. The fraction of sp³-hybridized carbons (Fsp3) is 0.955. The molecule has 3 heterocycles. The predicted molar refractivity (Wildman–Crippen MR) is 333 cm³/mol. The number of carbonyl (C=O) groups excluding carboxylic acids is 1. The minimum absolute atomic E-state index is 0.249. The summed E-state index contributed by atoms with van der Waals surface area (Å²) in [4.78, 5) is 13.4. The van der Waals surface area contributed by atoms with Crippen molar-refractivity contribution in [3.05, 3.63) is 12.2 Å². The lowest BCUT2D eigenvalue weighted by molar-refractivity contribution is -0.379. The number of ether oxygens (including phenoxy) is 6. The van der Waals surface area contributed by atoms with Crippen molar-refractivity contribution in [1.29, 1.82) is 0 Å². The molecule has 3 aliphatic rings. The molecule has 3 saturated heterocycles. The quantitative estimate of drug-likeness (QED) is 0.0200. The fourth-order valence-corrected chi connectivity index (χ4v) is 12.1. The number of carbonyl (C=O) groups is 1. The molecular weight excluding hydrogens is 1110 g/mol. The van der Waals surface area contributed by atoms with E-state index in [2.05, 4.69) is 19.2 Å². The summed E-state index contributed by atoms with van der Waals surface area (Å²) in [5, 5.41) is 120. The molecule has 17 unspecified atom stereocenters. The molecule has 1 amide bonds. The maximum Gasteiger partial charge on any atom is 0.220 e. The van der Waals surface area contributed by atoms with Gasteiger partial charge in [-0.15, -0.1) is 0 Å². The van der Waals surface area contributed by atoms with Gasteiger partial charge in [-0.1, -0.05) is 264 Å². The van der Waals surface area contributed by atoms with Crippen LogP contribution in [0.2, 0.25) is 0 Å². The van der Waals surface area contributed by atoms with E-state index >= 15 is 0 Å². The molecule has 19 nitrogen and oxygen atoms in total. The molecule has 0 saturated carbocycles. The van der Waals surface area contributed by atoms with Gasteiger partial charge in [-0.3, -0.25) is 4.79 Å². The van der Waals surface area contributed by atoms with Crippen LogP contribution in [0.15, 0.2) is 12.2 Å². The van der Waals surface area contributed by atoms with Crippen molar-refractivity contribution in [3.63, 3.8) is 0 Å². The molecule has 0 aromatic heterocycles. The van der Waals surface area contributed by atoms with Crippen LogP contribution in [0.1, 0.15) is 277 Å². The van der Waals surface area contributed by atoms with Gasteiger partial charge in [0, 0.05) is 6.42 Å². The van der Waals surface area contributed by atoms with Crippen molar-refractivity contribution in [3.8, 4) is 0 Å². The number of allylic oxidation sites excluding steroid dienone is 1. The van der Waals surface area contributed by atoms with E-state index in [0.717, 1.165) is 44.9 Å². The van der Waals surface area contributed by atoms with Gasteiger partial charge < -0.3 is 89.9 Å². The Labute approximate surface area is 518 Å². The topological polar surface area (TPSA) is 307 Å². The average Bonchev–Trinajstić information content (AvgIpc) is 3.36. The highest BCUT2D eigenvalue weighted by molar-refractivity contribution is 5.76. The van der Waals surface area contributed by atoms with Crippen molar-refractivity contribution in [2.75, 3.05) is 26.4 Å². The minimum atomic E-state index is -1.97. The lowest BCUT2D eigenvalue weighted by Gasteiger charge is -2.48. The van der Waals surface area contributed by atoms with E-state index in [-0.39, 0.29) is 18.9 Å². The highest BCUT2D eigenvalue weighted by Crippen LogP contribution is 2.33. The molecule has 0 aromatic rings. The first kappa shape index (κ1) is 78.8. The van der Waals surface area contributed by atoms with E-state index in [1.807, 2.05) is 6.08 Å². The molecule has 12 N–H and O–H groups in total. The van der Waals surface area contributed by atoms with Gasteiger partial charge in [0.25, 0.3) is 0 Å². The van der Waals surface area contributed by atoms with E-state index < -0.39 is 124 Å². The second kappa shape index (κ2) is 50.1. The van der Waals surface area contributed by atoms with Gasteiger partial charge in [0.15, 0.2) is 18.9 Å². The first-order chi connectivity index (χ1) is 41.8. The Bertz CT molecular complexity index is 1620. The summed E-state index contributed by atoms with van der Waals surface area (Å²) in [7, 11) is 0. The van der Waals surface area contributed by atoms with Crippen LogP contribution in [0.25, 0.3) is 0 Å². The first-order valence-electron chi connectivity index (χ1n) is 34.9. The standard InChI is InChI=1S/C67H127NO18/c1-3-5-7-9-11-13-15-17-18-19-20-21-22-23-24-25-26-27-28-29-30-31-32-33-35-37-39-41-43-45-55(73)68-50(51(72)44-42-40-38-36-34-16-14-12-10-8-6-4-2)49-81-65-61(79)58(76)63(53(47-70)83-65)86-67-62(80)59(77)64(54(48-71)84-67)85-66-60(78)57(75)56(74)52(46-69)82-66/h42,44,50-54,56-67,69-72,74-80H,3-41,43,45-49H2,1-2H3,(H,68,73)/b44-42+. The number of hydrogen-bond donors (Lipinski definition) is 12. The maximum atomic E-state index is 13.4. The number of rotatable bonds is 54. The largest absolute Gasteiger partial charge is 0.394 e. The normalized spacial score (nSPS) is 28.8. The molecule has 0 aliphatic carbocycles. The van der Waals surface area contributed by atoms with Crippen LogP contribution in [0.3, 0.4) is 0 Å². The van der Waals surface area contributed by atoms with Gasteiger partial charge in [-0.2, -0.15) is 0 Å². The molecule has 3 rings (SSSR count). The lowest BCUT2D eigenvalue weighted by Crippen LogP contribution is -2.66. The van der Waals surface area contributed by atoms with Gasteiger partial charge in [0.2, 0.25) is 5.91 Å². The minimum Gasteiger partial charge on any atom is -0.394 e. The van der Waals surface area contributed by atoms with Crippen molar-refractivity contribution in [2.45, 2.75) is 381 Å². The molecule has 0 radical (unpaired) electrons. The number of unbranched alkanes of at least 4 members (excludes halogenated alkanes) is 38. The number of hydrogen-bond acceptors (Lipinski definition) is 18. The van der Waals surface area contributed by atoms with Crippen molar-refractivity contribution in [2.24, 2.45) is 0 Å². The van der Waals surface area contributed by atoms with Gasteiger partial charge in [-0.25, -0.2) is 0 Å². The maximum absolute atomic E-state index is 13.4. The summed E-state index contributed by atoms with van der Waals surface area (Å²) in [6, 6.07) is -0.967. The van der Waals surface area contributed by atoms with Crippen LogP contribution >= 0.6 is 0 Å². The van der Waals surface area contributed by atoms with Crippen LogP contribution in [0.4, 0.5) is 0 Å². The van der Waals surface area contributed by atoms with E-state index in [1.165, 1.54) is 205 Å². The molecule has 0 spiro atoms. The second-order valence-electron chi connectivity index (χ2n) is 25.4. The Morgan fingerprint density at radius 2 is 0.721 bits per heavy atom. The highest BCUT2D eigenvalue weighted by Gasteiger charge is 2.53. The van der Waals surface area contributed by atoms with Crippen LogP contribution in [0.5, 0.6) is 0 Å². The molecule has 17 atom stereocenters. The number of nitrogens with one attached hydrogen (secondary N) is 1. The van der Waals surface area contributed by atoms with E-state index in [0.29, 0.717) is 6.42 Å². The Balaban J connectivity index is 1.37. The third kappa shape index (κ3) is 32.2. The van der Waals surface area contributed by atoms with E-state index in [1.54, 1.807) is 6.08 Å². The van der Waals surface area contributed by atoms with Crippen LogP contribution in [-0.2, 0) is 33.2 Å². The predicted octanol–water partition coefficient (Wildman–Crippen LogP) is 8.89. The van der Waals surface area contributed by atoms with Crippen molar-refractivity contribution >= 4 is 5.91 Å². The van der Waals surface area contributed by atoms with Crippen molar-refractivity contribution < 1.29 is 89.4 Å². The van der Waals surface area contributed by atoms with Gasteiger partial charge in [0.1, 0.15) is 73.2 Å². The Morgan fingerprint density at radius 3 is 1.09 bits per heavy atom. The summed E-state index contributed by atoms with van der Waals surface area (Å²) in [6.45, 7) is 1.75. The van der Waals surface area contributed by atoms with Crippen LogP contribution in [0, 0.1) is 0 Å². The molecule has 508 valence electrons. The Kier molecular flexibility index (Phi) is 45.9. The van der Waals surface area contributed by atoms with Crippen LogP contribution < -0.4 is 5.32 Å². The molecule has 19 heteroatoms. The van der Waals surface area contributed by atoms with Crippen LogP contribution in [-0.4, -0.2) is 193 Å².